The molecule has 7 nitrogen and oxygen atoms in total. The lowest BCUT2D eigenvalue weighted by Gasteiger charge is -2.16. The van der Waals surface area contributed by atoms with Crippen molar-refractivity contribution < 1.29 is 39.7 Å². The molecule has 0 aliphatic rings. The Kier molecular flexibility index (Phi) is 5.92. The third-order valence-electron chi connectivity index (χ3n) is 3.44. The summed E-state index contributed by atoms with van der Waals surface area (Å²) in [4.78, 5) is 19.5. The third kappa shape index (κ3) is 4.38. The van der Waals surface area contributed by atoms with Crippen LogP contribution in [0.1, 0.15) is 35.8 Å². The predicted octanol–water partition coefficient (Wildman–Crippen LogP) is 3.42. The summed E-state index contributed by atoms with van der Waals surface area (Å²) >= 11 is 0. The first-order chi connectivity index (χ1) is 12.9. The number of alkyl halides is 3. The van der Waals surface area contributed by atoms with E-state index in [1.165, 1.54) is 12.1 Å². The van der Waals surface area contributed by atoms with E-state index in [1.807, 2.05) is 0 Å². The van der Waals surface area contributed by atoms with Crippen molar-refractivity contribution in [3.05, 3.63) is 41.3 Å². The average molecular weight is 422 g/mol. The molecule has 1 aromatic carbocycles. The van der Waals surface area contributed by atoms with Gasteiger partial charge in [-0.1, -0.05) is 13.8 Å². The van der Waals surface area contributed by atoms with E-state index >= 15 is 0 Å². The molecule has 0 aliphatic carbocycles. The van der Waals surface area contributed by atoms with Crippen LogP contribution in [0.5, 0.6) is 6.01 Å². The lowest BCUT2D eigenvalue weighted by atomic mass is 9.98. The van der Waals surface area contributed by atoms with Gasteiger partial charge in [0.05, 0.1) is 18.5 Å². The number of methoxy groups -OCH3 is 1. The number of benzene rings is 1. The molecule has 0 saturated heterocycles. The Morgan fingerprint density at radius 1 is 1.11 bits per heavy atom. The molecule has 152 valence electrons. The van der Waals surface area contributed by atoms with Crippen LogP contribution in [-0.4, -0.2) is 37.0 Å². The van der Waals surface area contributed by atoms with Gasteiger partial charge in [-0.3, -0.25) is 0 Å². The topological polar surface area (TPSA) is 95.5 Å². The zero-order valence-corrected chi connectivity index (χ0v) is 15.6. The van der Waals surface area contributed by atoms with Crippen LogP contribution in [0.4, 0.5) is 17.6 Å². The van der Waals surface area contributed by atoms with Gasteiger partial charge in [0, 0.05) is 5.56 Å². The molecule has 0 spiro atoms. The molecule has 0 aliphatic heterocycles. The number of esters is 1. The van der Waals surface area contributed by atoms with Crippen molar-refractivity contribution in [2.45, 2.75) is 25.3 Å². The highest BCUT2D eigenvalue weighted by atomic mass is 32.2. The van der Waals surface area contributed by atoms with E-state index < -0.39 is 39.3 Å². The minimum absolute atomic E-state index is 0.103. The van der Waals surface area contributed by atoms with E-state index in [1.54, 1.807) is 13.8 Å². The van der Waals surface area contributed by atoms with E-state index in [0.29, 0.717) is 0 Å². The summed E-state index contributed by atoms with van der Waals surface area (Å²) < 4.78 is 82.4. The number of carbonyl (C=O) groups excluding carboxylic acids is 1. The molecule has 2 aromatic rings. The van der Waals surface area contributed by atoms with E-state index in [2.05, 4.69) is 18.9 Å². The van der Waals surface area contributed by atoms with E-state index in [9.17, 15) is 30.8 Å². The lowest BCUT2D eigenvalue weighted by Crippen LogP contribution is -2.29. The highest BCUT2D eigenvalue weighted by molar-refractivity contribution is 7.87. The first-order valence-corrected chi connectivity index (χ1v) is 9.05. The molecule has 0 atom stereocenters. The molecule has 0 radical (unpaired) electrons. The molecule has 0 saturated carbocycles. The summed E-state index contributed by atoms with van der Waals surface area (Å²) in [5.74, 6) is -2.07. The number of nitrogens with zero attached hydrogens (tertiary/aromatic N) is 2. The Bertz CT molecular complexity index is 989. The fourth-order valence-electron chi connectivity index (χ4n) is 2.18. The first-order valence-electron chi connectivity index (χ1n) is 7.64. The monoisotopic (exact) mass is 422 g/mol. The summed E-state index contributed by atoms with van der Waals surface area (Å²) in [7, 11) is -4.97. The zero-order valence-electron chi connectivity index (χ0n) is 14.7. The van der Waals surface area contributed by atoms with Gasteiger partial charge in [0.15, 0.2) is 0 Å². The molecule has 28 heavy (non-hydrogen) atoms. The van der Waals surface area contributed by atoms with Gasteiger partial charge in [-0.25, -0.2) is 9.18 Å². The van der Waals surface area contributed by atoms with Crippen LogP contribution in [0.15, 0.2) is 24.3 Å². The second-order valence-electron chi connectivity index (χ2n) is 5.75. The summed E-state index contributed by atoms with van der Waals surface area (Å²) in [5.41, 5.74) is -6.17. The van der Waals surface area contributed by atoms with Crippen LogP contribution in [-0.2, 0) is 14.9 Å². The molecule has 0 N–H and O–H groups in total. The smallest absolute Gasteiger partial charge is 0.465 e. The van der Waals surface area contributed by atoms with Crippen LogP contribution < -0.4 is 4.18 Å². The zero-order chi connectivity index (χ0) is 21.3. The number of hydrogen-bond donors (Lipinski definition) is 0. The van der Waals surface area contributed by atoms with Gasteiger partial charge in [0.1, 0.15) is 11.4 Å². The first kappa shape index (κ1) is 21.5. The van der Waals surface area contributed by atoms with Gasteiger partial charge in [0.25, 0.3) is 0 Å². The molecule has 0 amide bonds. The summed E-state index contributed by atoms with van der Waals surface area (Å²) in [5, 5.41) is 0. The minimum Gasteiger partial charge on any atom is -0.465 e. The Hall–Kier alpha value is -2.76. The SMILES string of the molecule is COC(=O)c1c(-c2ccc(F)cc2)nc(OS(=O)(=O)C(F)(F)F)nc1C(C)C. The fraction of sp³-hybridized carbons (Fsp3) is 0.312. The van der Waals surface area contributed by atoms with Crippen molar-refractivity contribution in [1.29, 1.82) is 0 Å². The maximum Gasteiger partial charge on any atom is 0.534 e. The Morgan fingerprint density at radius 2 is 1.68 bits per heavy atom. The molecular formula is C16H14F4N2O5S. The summed E-state index contributed by atoms with van der Waals surface area (Å²) in [6, 6.07) is 3.33. The molecular weight excluding hydrogens is 408 g/mol. The van der Waals surface area contributed by atoms with Crippen molar-refractivity contribution in [1.82, 2.24) is 9.97 Å². The van der Waals surface area contributed by atoms with Crippen molar-refractivity contribution >= 4 is 16.1 Å². The number of ether oxygens (including phenoxy) is 1. The second-order valence-corrected chi connectivity index (χ2v) is 7.29. The highest BCUT2D eigenvalue weighted by Crippen LogP contribution is 2.32. The van der Waals surface area contributed by atoms with E-state index in [-0.39, 0.29) is 22.5 Å². The van der Waals surface area contributed by atoms with Crippen molar-refractivity contribution in [3.8, 4) is 17.3 Å². The van der Waals surface area contributed by atoms with E-state index in [0.717, 1.165) is 19.2 Å². The quantitative estimate of drug-likeness (QED) is 0.315. The minimum atomic E-state index is -6.04. The van der Waals surface area contributed by atoms with Crippen LogP contribution in [0.3, 0.4) is 0 Å². The number of rotatable bonds is 5. The molecule has 0 unspecified atom stereocenters. The van der Waals surface area contributed by atoms with Gasteiger partial charge in [-0.2, -0.15) is 31.6 Å². The Morgan fingerprint density at radius 3 is 2.14 bits per heavy atom. The maximum atomic E-state index is 13.2. The van der Waals surface area contributed by atoms with Gasteiger partial charge in [0.2, 0.25) is 0 Å². The van der Waals surface area contributed by atoms with Crippen molar-refractivity contribution in [2.24, 2.45) is 0 Å². The van der Waals surface area contributed by atoms with Crippen LogP contribution in [0.25, 0.3) is 11.3 Å². The molecule has 12 heteroatoms. The highest BCUT2D eigenvalue weighted by Gasteiger charge is 2.49. The molecule has 1 aromatic heterocycles. The van der Waals surface area contributed by atoms with E-state index in [4.69, 9.17) is 0 Å². The summed E-state index contributed by atoms with van der Waals surface area (Å²) in [6.45, 7) is 3.12. The van der Waals surface area contributed by atoms with Crippen LogP contribution >= 0.6 is 0 Å². The maximum absolute atomic E-state index is 13.2. The molecule has 0 fully saturated rings. The van der Waals surface area contributed by atoms with Gasteiger partial charge >= 0.3 is 27.6 Å². The van der Waals surface area contributed by atoms with Crippen molar-refractivity contribution in [3.63, 3.8) is 0 Å². The third-order valence-corrected chi connectivity index (χ3v) is 4.37. The second kappa shape index (κ2) is 7.70. The van der Waals surface area contributed by atoms with Gasteiger partial charge in [-0.15, -0.1) is 0 Å². The Labute approximate surface area is 157 Å². The largest absolute Gasteiger partial charge is 0.534 e. The van der Waals surface area contributed by atoms with Crippen molar-refractivity contribution in [2.75, 3.05) is 7.11 Å². The molecule has 1 heterocycles. The average Bonchev–Trinajstić information content (AvgIpc) is 2.59. The predicted molar refractivity (Wildman–Crippen MR) is 88.5 cm³/mol. The number of carbonyl (C=O) groups is 1. The number of halogens is 4. The van der Waals surface area contributed by atoms with Gasteiger partial charge in [-0.05, 0) is 30.2 Å². The lowest BCUT2D eigenvalue weighted by molar-refractivity contribution is -0.0503. The summed E-state index contributed by atoms with van der Waals surface area (Å²) in [6.07, 6.45) is 0. The Balaban J connectivity index is 2.77. The van der Waals surface area contributed by atoms with Gasteiger partial charge < -0.3 is 8.92 Å². The van der Waals surface area contributed by atoms with Crippen LogP contribution in [0, 0.1) is 5.82 Å². The standard InChI is InChI=1S/C16H14F4N2O5S/c1-8(2)12-11(14(23)26-3)13(9-4-6-10(17)7-5-9)22-15(21-12)27-28(24,25)16(18,19)20/h4-8H,1-3H3. The molecule has 0 bridgehead atoms. The fourth-order valence-corrected chi connectivity index (χ4v) is 2.54. The number of hydrogen-bond acceptors (Lipinski definition) is 7. The van der Waals surface area contributed by atoms with Crippen LogP contribution in [0.2, 0.25) is 0 Å². The number of aromatic nitrogens is 2. The molecule has 2 rings (SSSR count). The normalized spacial score (nSPS) is 12.1.